The predicted molar refractivity (Wildman–Crippen MR) is 123 cm³/mol. The molecule has 4 rings (SSSR count). The molecule has 8 heteroatoms. The molecule has 31 heavy (non-hydrogen) atoms. The molecule has 3 aliphatic rings. The average molecular weight is 449 g/mol. The number of hydrogen-bond donors (Lipinski definition) is 1. The van der Waals surface area contributed by atoms with Crippen molar-refractivity contribution in [2.24, 2.45) is 0 Å². The Morgan fingerprint density at radius 2 is 1.61 bits per heavy atom. The lowest BCUT2D eigenvalue weighted by Crippen LogP contribution is -2.50. The van der Waals surface area contributed by atoms with Gasteiger partial charge in [0, 0.05) is 37.9 Å². The minimum Gasteiger partial charge on any atom is -0.325 e. The van der Waals surface area contributed by atoms with Crippen LogP contribution in [0.4, 0.5) is 5.69 Å². The van der Waals surface area contributed by atoms with Crippen LogP contribution in [-0.4, -0.2) is 79.8 Å². The quantitative estimate of drug-likeness (QED) is 0.725. The molecule has 3 fully saturated rings. The van der Waals surface area contributed by atoms with Crippen LogP contribution in [-0.2, 0) is 14.8 Å². The summed E-state index contributed by atoms with van der Waals surface area (Å²) in [5.41, 5.74) is 0.543. The Balaban J connectivity index is 1.34. The summed E-state index contributed by atoms with van der Waals surface area (Å²) in [6.45, 7) is 7.39. The summed E-state index contributed by atoms with van der Waals surface area (Å²) in [6, 6.07) is 7.10. The molecule has 0 aliphatic carbocycles. The molecule has 3 saturated heterocycles. The monoisotopic (exact) mass is 448 g/mol. The van der Waals surface area contributed by atoms with E-state index in [0.29, 0.717) is 24.8 Å². The van der Waals surface area contributed by atoms with Crippen molar-refractivity contribution < 1.29 is 13.2 Å². The summed E-state index contributed by atoms with van der Waals surface area (Å²) in [7, 11) is -3.51. The minimum atomic E-state index is -3.51. The van der Waals surface area contributed by atoms with Crippen molar-refractivity contribution in [3.8, 4) is 0 Å². The van der Waals surface area contributed by atoms with E-state index >= 15 is 0 Å². The standard InChI is InChI=1S/C23H36N4O3S/c1-19(25-16-10-21(11-17-25)26-12-5-6-13-26)23(28)24-20-8-7-9-22(18-20)31(29,30)27-14-3-2-4-15-27/h7-9,18-19,21H,2-6,10-17H2,1H3,(H,24,28). The lowest BCUT2D eigenvalue weighted by atomic mass is 10.0. The maximum atomic E-state index is 12.9. The third kappa shape index (κ3) is 5.30. The van der Waals surface area contributed by atoms with Crippen molar-refractivity contribution in [1.82, 2.24) is 14.1 Å². The number of carbonyl (C=O) groups is 1. The van der Waals surface area contributed by atoms with Gasteiger partial charge >= 0.3 is 0 Å². The Kier molecular flexibility index (Phi) is 7.31. The summed E-state index contributed by atoms with van der Waals surface area (Å²) in [4.78, 5) is 18.0. The van der Waals surface area contributed by atoms with Crippen LogP contribution in [0.5, 0.6) is 0 Å². The largest absolute Gasteiger partial charge is 0.325 e. The van der Waals surface area contributed by atoms with Gasteiger partial charge in [-0.25, -0.2) is 8.42 Å². The first-order chi connectivity index (χ1) is 14.9. The van der Waals surface area contributed by atoms with Gasteiger partial charge < -0.3 is 10.2 Å². The summed E-state index contributed by atoms with van der Waals surface area (Å²) >= 11 is 0. The topological polar surface area (TPSA) is 73.0 Å². The highest BCUT2D eigenvalue weighted by Crippen LogP contribution is 2.24. The average Bonchev–Trinajstić information content (AvgIpc) is 3.34. The fraction of sp³-hybridized carbons (Fsp3) is 0.696. The number of benzene rings is 1. The zero-order valence-electron chi connectivity index (χ0n) is 18.6. The van der Waals surface area contributed by atoms with Crippen LogP contribution in [0.25, 0.3) is 0 Å². The molecule has 0 spiro atoms. The summed E-state index contributed by atoms with van der Waals surface area (Å²) in [5.74, 6) is -0.0767. The lowest BCUT2D eigenvalue weighted by Gasteiger charge is -2.38. The van der Waals surface area contributed by atoms with Crippen molar-refractivity contribution in [2.45, 2.75) is 68.8 Å². The molecule has 0 bridgehead atoms. The van der Waals surface area contributed by atoms with Gasteiger partial charge in [0.15, 0.2) is 0 Å². The Bertz CT molecular complexity index is 855. The molecule has 3 aliphatic heterocycles. The number of hydrogen-bond acceptors (Lipinski definition) is 5. The third-order valence-corrected chi connectivity index (χ3v) is 9.03. The fourth-order valence-electron chi connectivity index (χ4n) is 5.15. The molecule has 1 aromatic rings. The van der Waals surface area contributed by atoms with E-state index in [9.17, 15) is 13.2 Å². The van der Waals surface area contributed by atoms with Crippen LogP contribution < -0.4 is 5.32 Å². The molecule has 0 radical (unpaired) electrons. The molecular weight excluding hydrogens is 412 g/mol. The number of nitrogens with one attached hydrogen (secondary N) is 1. The summed E-state index contributed by atoms with van der Waals surface area (Å²) in [6.07, 6.45) is 7.73. The number of anilines is 1. The summed E-state index contributed by atoms with van der Waals surface area (Å²) < 4.78 is 27.5. The van der Waals surface area contributed by atoms with Crippen molar-refractivity contribution in [3.63, 3.8) is 0 Å². The summed E-state index contributed by atoms with van der Waals surface area (Å²) in [5, 5.41) is 2.95. The van der Waals surface area contributed by atoms with Gasteiger partial charge in [-0.2, -0.15) is 4.31 Å². The van der Waals surface area contributed by atoms with Crippen LogP contribution in [0.2, 0.25) is 0 Å². The van der Waals surface area contributed by atoms with Gasteiger partial charge in [-0.3, -0.25) is 9.69 Å². The molecule has 1 aromatic carbocycles. The van der Waals surface area contributed by atoms with Gasteiger partial charge in [0.2, 0.25) is 15.9 Å². The lowest BCUT2D eigenvalue weighted by molar-refractivity contribution is -0.121. The van der Waals surface area contributed by atoms with Crippen LogP contribution in [0.3, 0.4) is 0 Å². The molecule has 3 heterocycles. The van der Waals surface area contributed by atoms with Gasteiger partial charge in [0.05, 0.1) is 10.9 Å². The maximum Gasteiger partial charge on any atom is 0.243 e. The third-order valence-electron chi connectivity index (χ3n) is 7.14. The molecule has 172 valence electrons. The number of amides is 1. The molecule has 0 aromatic heterocycles. The van der Waals surface area contributed by atoms with E-state index in [0.717, 1.165) is 45.2 Å². The number of sulfonamides is 1. The Labute approximate surface area is 186 Å². The zero-order valence-corrected chi connectivity index (χ0v) is 19.4. The second-order valence-electron chi connectivity index (χ2n) is 9.17. The zero-order chi connectivity index (χ0) is 21.8. The predicted octanol–water partition coefficient (Wildman–Crippen LogP) is 2.75. The molecule has 1 atom stereocenters. The first-order valence-corrected chi connectivity index (χ1v) is 13.3. The normalized spacial score (nSPS) is 23.6. The second kappa shape index (κ2) is 9.98. The Morgan fingerprint density at radius 1 is 0.968 bits per heavy atom. The van der Waals surface area contributed by atoms with Crippen LogP contribution in [0.15, 0.2) is 29.2 Å². The van der Waals surface area contributed by atoms with Gasteiger partial charge in [-0.1, -0.05) is 12.5 Å². The van der Waals surface area contributed by atoms with Gasteiger partial charge in [-0.05, 0) is 76.7 Å². The minimum absolute atomic E-state index is 0.0767. The smallest absolute Gasteiger partial charge is 0.243 e. The second-order valence-corrected chi connectivity index (χ2v) is 11.1. The number of likely N-dealkylation sites (tertiary alicyclic amines) is 2. The van der Waals surface area contributed by atoms with Crippen LogP contribution in [0, 0.1) is 0 Å². The fourth-order valence-corrected chi connectivity index (χ4v) is 6.71. The van der Waals surface area contributed by atoms with Crippen LogP contribution in [0.1, 0.15) is 51.9 Å². The first-order valence-electron chi connectivity index (χ1n) is 11.8. The van der Waals surface area contributed by atoms with Crippen molar-refractivity contribution in [3.05, 3.63) is 24.3 Å². The van der Waals surface area contributed by atoms with Crippen molar-refractivity contribution in [2.75, 3.05) is 44.6 Å². The highest BCUT2D eigenvalue weighted by molar-refractivity contribution is 7.89. The highest BCUT2D eigenvalue weighted by atomic mass is 32.2. The molecule has 1 amide bonds. The molecular formula is C23H36N4O3S. The molecule has 1 N–H and O–H groups in total. The Morgan fingerprint density at radius 3 is 2.29 bits per heavy atom. The van der Waals surface area contributed by atoms with E-state index < -0.39 is 10.0 Å². The maximum absolute atomic E-state index is 12.9. The van der Waals surface area contributed by atoms with Crippen molar-refractivity contribution >= 4 is 21.6 Å². The molecule has 1 unspecified atom stereocenters. The van der Waals surface area contributed by atoms with E-state index in [2.05, 4.69) is 15.1 Å². The van der Waals surface area contributed by atoms with Gasteiger partial charge in [0.1, 0.15) is 0 Å². The van der Waals surface area contributed by atoms with E-state index in [-0.39, 0.29) is 16.8 Å². The van der Waals surface area contributed by atoms with E-state index in [1.807, 2.05) is 6.92 Å². The van der Waals surface area contributed by atoms with Crippen LogP contribution >= 0.6 is 0 Å². The van der Waals surface area contributed by atoms with Gasteiger partial charge in [0.25, 0.3) is 0 Å². The molecule has 0 saturated carbocycles. The number of rotatable bonds is 6. The van der Waals surface area contributed by atoms with Crippen molar-refractivity contribution in [1.29, 1.82) is 0 Å². The van der Waals surface area contributed by atoms with E-state index in [4.69, 9.17) is 0 Å². The highest BCUT2D eigenvalue weighted by Gasteiger charge is 2.31. The first kappa shape index (κ1) is 22.7. The number of piperidine rings is 2. The number of nitrogens with zero attached hydrogens (tertiary/aromatic N) is 3. The SMILES string of the molecule is CC(C(=O)Nc1cccc(S(=O)(=O)N2CCCCC2)c1)N1CCC(N2CCCC2)CC1. The Hall–Kier alpha value is -1.48. The van der Waals surface area contributed by atoms with Gasteiger partial charge in [-0.15, -0.1) is 0 Å². The van der Waals surface area contributed by atoms with E-state index in [1.54, 1.807) is 28.6 Å². The number of carbonyl (C=O) groups excluding carboxylic acids is 1. The van der Waals surface area contributed by atoms with E-state index in [1.165, 1.54) is 25.9 Å². The molecule has 7 nitrogen and oxygen atoms in total.